The van der Waals surface area contributed by atoms with E-state index < -0.39 is 36.6 Å². The third-order valence-corrected chi connectivity index (χ3v) is 6.19. The number of rotatable bonds is 7. The Morgan fingerprint density at radius 3 is 2.66 bits per heavy atom. The monoisotopic (exact) mass is 508 g/mol. The van der Waals surface area contributed by atoms with Gasteiger partial charge in [-0.25, -0.2) is 23.0 Å². The molecule has 1 amide bonds. The summed E-state index contributed by atoms with van der Waals surface area (Å²) in [5.41, 5.74) is 1.43. The molecule has 0 radical (unpaired) electrons. The van der Waals surface area contributed by atoms with E-state index >= 15 is 4.39 Å². The lowest BCUT2D eigenvalue weighted by atomic mass is 10.1. The molecule has 2 saturated heterocycles. The molecule has 35 heavy (non-hydrogen) atoms. The Morgan fingerprint density at radius 2 is 1.94 bits per heavy atom. The summed E-state index contributed by atoms with van der Waals surface area (Å²) >= 11 is 5.50. The fourth-order valence-corrected chi connectivity index (χ4v) is 4.18. The molecule has 4 rings (SSSR count). The van der Waals surface area contributed by atoms with E-state index in [0.29, 0.717) is 36.9 Å². The second kappa shape index (κ2) is 11.0. The van der Waals surface area contributed by atoms with Gasteiger partial charge in [0, 0.05) is 37.5 Å². The van der Waals surface area contributed by atoms with Crippen LogP contribution in [0.25, 0.3) is 0 Å². The number of ether oxygens (including phenoxy) is 1. The van der Waals surface area contributed by atoms with Crippen LogP contribution in [0.15, 0.2) is 42.7 Å². The lowest BCUT2D eigenvalue weighted by molar-refractivity contribution is -0.129. The van der Waals surface area contributed by atoms with E-state index in [1.54, 1.807) is 41.7 Å². The first-order valence-corrected chi connectivity index (χ1v) is 11.4. The third-order valence-electron chi connectivity index (χ3n) is 5.75. The van der Waals surface area contributed by atoms with E-state index in [-0.39, 0.29) is 18.7 Å². The molecule has 0 spiro atoms. The minimum atomic E-state index is -3.05. The van der Waals surface area contributed by atoms with Crippen molar-refractivity contribution in [2.24, 2.45) is 0 Å². The van der Waals surface area contributed by atoms with Gasteiger partial charge in [0.05, 0.1) is 31.1 Å². The largest absolute Gasteiger partial charge is 0.444 e. The highest BCUT2D eigenvalue weighted by Crippen LogP contribution is 2.29. The predicted molar refractivity (Wildman–Crippen MR) is 125 cm³/mol. The van der Waals surface area contributed by atoms with Crippen LogP contribution in [0.4, 0.5) is 29.3 Å². The Bertz CT molecular complexity index is 1090. The Balaban J connectivity index is 1.38. The number of amides is 1. The van der Waals surface area contributed by atoms with Crippen LogP contribution in [0, 0.1) is 5.82 Å². The van der Waals surface area contributed by atoms with Gasteiger partial charge in [-0.15, -0.1) is 0 Å². The molecule has 186 valence electrons. The molecule has 0 bridgehead atoms. The number of carbonyl (C=O) groups excluding carboxylic acids is 2. The zero-order valence-corrected chi connectivity index (χ0v) is 19.4. The van der Waals surface area contributed by atoms with Crippen molar-refractivity contribution >= 4 is 40.5 Å². The predicted octanol–water partition coefficient (Wildman–Crippen LogP) is 3.59. The third kappa shape index (κ3) is 5.88. The van der Waals surface area contributed by atoms with Crippen molar-refractivity contribution in [3.05, 3.63) is 54.1 Å². The van der Waals surface area contributed by atoms with Crippen molar-refractivity contribution in [3.8, 4) is 0 Å². The van der Waals surface area contributed by atoms with E-state index in [0.717, 1.165) is 5.56 Å². The number of hydroxylamine groups is 2. The summed E-state index contributed by atoms with van der Waals surface area (Å²) in [6, 6.07) is 7.98. The van der Waals surface area contributed by atoms with Crippen LogP contribution in [-0.4, -0.2) is 72.2 Å². The van der Waals surface area contributed by atoms with Gasteiger partial charge in [0.1, 0.15) is 16.9 Å². The number of hydrogen-bond donors (Lipinski definition) is 0. The van der Waals surface area contributed by atoms with Crippen LogP contribution >= 0.6 is 12.2 Å². The molecule has 2 aliphatic rings. The van der Waals surface area contributed by atoms with E-state index in [1.165, 1.54) is 11.0 Å². The molecule has 3 heterocycles. The summed E-state index contributed by atoms with van der Waals surface area (Å²) in [6.07, 6.45) is -1.60. The second-order valence-electron chi connectivity index (χ2n) is 8.02. The highest BCUT2D eigenvalue weighted by molar-refractivity contribution is 7.80. The van der Waals surface area contributed by atoms with Crippen LogP contribution in [0.5, 0.6) is 0 Å². The minimum absolute atomic E-state index is 0.0163. The van der Waals surface area contributed by atoms with Crippen molar-refractivity contribution in [2.45, 2.75) is 25.4 Å². The van der Waals surface area contributed by atoms with Gasteiger partial charge >= 0.3 is 6.09 Å². The lowest BCUT2D eigenvalue weighted by Crippen LogP contribution is -2.34. The van der Waals surface area contributed by atoms with Gasteiger partial charge in [-0.3, -0.25) is 19.5 Å². The van der Waals surface area contributed by atoms with Gasteiger partial charge in [-0.05, 0) is 36.8 Å². The van der Waals surface area contributed by atoms with Gasteiger partial charge in [-0.1, -0.05) is 12.2 Å². The zero-order valence-electron chi connectivity index (χ0n) is 18.6. The summed E-state index contributed by atoms with van der Waals surface area (Å²) in [5, 5.41) is 1.61. The molecular weight excluding hydrogens is 485 g/mol. The maximum Gasteiger partial charge on any atom is 0.414 e. The number of carbonyl (C=O) groups is 2. The number of hydrogen-bond acceptors (Lipinski definition) is 7. The molecule has 0 unspecified atom stereocenters. The number of ketones is 1. The van der Waals surface area contributed by atoms with Crippen LogP contribution in [0.3, 0.4) is 0 Å². The standard InChI is InChI=1S/C23H23F3N4O4S/c24-18-13-16(29-14-17(34-23(29)32)2-4-20(31)21(25)26)1-3-19(18)28-9-10-30(33-12-11-28)22(35)15-5-7-27-8-6-15/h1,3,5-8,13,17,21H,2,4,9-12,14H2/t17-/m0/s1. The second-order valence-corrected chi connectivity index (χ2v) is 8.41. The van der Waals surface area contributed by atoms with E-state index in [2.05, 4.69) is 4.98 Å². The molecule has 2 aliphatic heterocycles. The number of aromatic nitrogens is 1. The fraction of sp³-hybridized carbons (Fsp3) is 0.391. The molecule has 1 aromatic heterocycles. The first-order chi connectivity index (χ1) is 16.8. The van der Waals surface area contributed by atoms with Gasteiger partial charge in [-0.2, -0.15) is 0 Å². The number of cyclic esters (lactones) is 1. The lowest BCUT2D eigenvalue weighted by Gasteiger charge is -2.24. The molecule has 2 fully saturated rings. The Labute approximate surface area is 205 Å². The zero-order chi connectivity index (χ0) is 24.9. The van der Waals surface area contributed by atoms with Gasteiger partial charge in [0.15, 0.2) is 5.78 Å². The van der Waals surface area contributed by atoms with Crippen LogP contribution in [0.1, 0.15) is 18.4 Å². The van der Waals surface area contributed by atoms with E-state index in [1.807, 2.05) is 4.90 Å². The van der Waals surface area contributed by atoms with Gasteiger partial charge < -0.3 is 9.64 Å². The molecular formula is C23H23F3N4O4S. The van der Waals surface area contributed by atoms with Crippen LogP contribution < -0.4 is 9.80 Å². The van der Waals surface area contributed by atoms with Crippen LogP contribution in [-0.2, 0) is 14.4 Å². The highest BCUT2D eigenvalue weighted by Gasteiger charge is 2.33. The van der Waals surface area contributed by atoms with Crippen molar-refractivity contribution in [1.82, 2.24) is 10.0 Å². The normalized spacial score (nSPS) is 18.6. The highest BCUT2D eigenvalue weighted by atomic mass is 32.1. The number of Topliss-reactive ketones (excluding diaryl/α,β-unsaturated/α-hetero) is 1. The number of alkyl halides is 2. The maximum absolute atomic E-state index is 15.1. The molecule has 8 nitrogen and oxygen atoms in total. The Hall–Kier alpha value is -3.25. The number of pyridine rings is 1. The van der Waals surface area contributed by atoms with Crippen molar-refractivity contribution in [3.63, 3.8) is 0 Å². The molecule has 0 aliphatic carbocycles. The number of thiocarbonyl (C=S) groups is 1. The molecule has 0 N–H and O–H groups in total. The van der Waals surface area contributed by atoms with Crippen molar-refractivity contribution in [1.29, 1.82) is 0 Å². The molecule has 1 atom stereocenters. The first-order valence-electron chi connectivity index (χ1n) is 11.0. The number of halogens is 3. The Morgan fingerprint density at radius 1 is 1.17 bits per heavy atom. The van der Waals surface area contributed by atoms with Gasteiger partial charge in [0.2, 0.25) is 0 Å². The molecule has 2 aromatic rings. The fourth-order valence-electron chi connectivity index (χ4n) is 3.90. The SMILES string of the molecule is O=C(CC[C@H]1CN(c2ccc(N3CCON(C(=S)c4ccncc4)CC3)c(F)c2)C(=O)O1)C(F)F. The summed E-state index contributed by atoms with van der Waals surface area (Å²) < 4.78 is 45.0. The maximum atomic E-state index is 15.1. The topological polar surface area (TPSA) is 75.2 Å². The number of benzene rings is 1. The van der Waals surface area contributed by atoms with Crippen molar-refractivity contribution < 1.29 is 32.3 Å². The Kier molecular flexibility index (Phi) is 7.81. The van der Waals surface area contributed by atoms with Gasteiger partial charge in [0.25, 0.3) is 6.43 Å². The summed E-state index contributed by atoms with van der Waals surface area (Å²) in [7, 11) is 0. The van der Waals surface area contributed by atoms with E-state index in [4.69, 9.17) is 21.8 Å². The smallest absolute Gasteiger partial charge is 0.414 e. The quantitative estimate of drug-likeness (QED) is 0.526. The summed E-state index contributed by atoms with van der Waals surface area (Å²) in [5.74, 6) is -1.73. The summed E-state index contributed by atoms with van der Waals surface area (Å²) in [6.45, 7) is 1.64. The van der Waals surface area contributed by atoms with Crippen molar-refractivity contribution in [2.75, 3.05) is 42.6 Å². The number of nitrogens with zero attached hydrogens (tertiary/aromatic N) is 4. The molecule has 1 aromatic carbocycles. The first kappa shape index (κ1) is 24.9. The summed E-state index contributed by atoms with van der Waals surface area (Å²) in [4.78, 5) is 36.7. The average Bonchev–Trinajstić information content (AvgIpc) is 3.06. The van der Waals surface area contributed by atoms with E-state index in [9.17, 15) is 18.4 Å². The number of anilines is 2. The molecule has 0 saturated carbocycles. The van der Waals surface area contributed by atoms with Crippen LogP contribution in [0.2, 0.25) is 0 Å². The minimum Gasteiger partial charge on any atom is -0.444 e. The molecule has 12 heteroatoms. The average molecular weight is 509 g/mol.